The summed E-state index contributed by atoms with van der Waals surface area (Å²) in [6.45, 7) is 6.21. The minimum absolute atomic E-state index is 0.0926. The number of amides is 1. The van der Waals surface area contributed by atoms with Crippen LogP contribution in [-0.4, -0.2) is 29.8 Å². The maximum absolute atomic E-state index is 11.7. The highest BCUT2D eigenvalue weighted by Gasteiger charge is 2.13. The van der Waals surface area contributed by atoms with Gasteiger partial charge in [-0.1, -0.05) is 19.1 Å². The van der Waals surface area contributed by atoms with Gasteiger partial charge in [0.15, 0.2) is 6.10 Å². The van der Waals surface area contributed by atoms with Gasteiger partial charge < -0.3 is 15.2 Å². The van der Waals surface area contributed by atoms with Gasteiger partial charge in [-0.3, -0.25) is 4.79 Å². The van der Waals surface area contributed by atoms with Crippen molar-refractivity contribution in [3.63, 3.8) is 0 Å². The summed E-state index contributed by atoms with van der Waals surface area (Å²) in [6.07, 6.45) is 1.72. The first-order valence-corrected chi connectivity index (χ1v) is 7.24. The zero-order valence-corrected chi connectivity index (χ0v) is 12.6. The summed E-state index contributed by atoms with van der Waals surface area (Å²) in [5.41, 5.74) is 1.15. The van der Waals surface area contributed by atoms with E-state index in [1.54, 1.807) is 13.8 Å². The van der Waals surface area contributed by atoms with Crippen LogP contribution in [0.1, 0.15) is 39.2 Å². The van der Waals surface area contributed by atoms with Crippen molar-refractivity contribution in [1.82, 2.24) is 5.32 Å². The van der Waals surface area contributed by atoms with Crippen LogP contribution in [-0.2, 0) is 11.2 Å². The van der Waals surface area contributed by atoms with Crippen molar-refractivity contribution in [2.24, 2.45) is 0 Å². The fourth-order valence-corrected chi connectivity index (χ4v) is 1.76. The van der Waals surface area contributed by atoms with Crippen LogP contribution < -0.4 is 10.1 Å². The zero-order valence-electron chi connectivity index (χ0n) is 12.6. The lowest BCUT2D eigenvalue weighted by atomic mass is 10.1. The van der Waals surface area contributed by atoms with Gasteiger partial charge in [-0.2, -0.15) is 0 Å². The Morgan fingerprint density at radius 1 is 1.30 bits per heavy atom. The van der Waals surface area contributed by atoms with E-state index in [9.17, 15) is 9.90 Å². The summed E-state index contributed by atoms with van der Waals surface area (Å²) in [6, 6.07) is 7.66. The lowest BCUT2D eigenvalue weighted by Gasteiger charge is -2.14. The fraction of sp³-hybridized carbons (Fsp3) is 0.562. The maximum atomic E-state index is 11.7. The number of carbonyl (C=O) groups excluding carboxylic acids is 1. The highest BCUT2D eigenvalue weighted by Crippen LogP contribution is 2.15. The number of rotatable bonds is 8. The van der Waals surface area contributed by atoms with Gasteiger partial charge in [0.1, 0.15) is 5.75 Å². The molecule has 0 saturated carbocycles. The molecule has 1 aromatic rings. The minimum atomic E-state index is -0.495. The van der Waals surface area contributed by atoms with E-state index in [-0.39, 0.29) is 12.0 Å². The molecule has 0 fully saturated rings. The monoisotopic (exact) mass is 279 g/mol. The Morgan fingerprint density at radius 3 is 2.50 bits per heavy atom. The molecule has 0 heterocycles. The smallest absolute Gasteiger partial charge is 0.260 e. The Kier molecular flexibility index (Phi) is 7.09. The molecule has 2 N–H and O–H groups in total. The highest BCUT2D eigenvalue weighted by molar-refractivity contribution is 5.80. The quantitative estimate of drug-likeness (QED) is 0.767. The number of hydrogen-bond acceptors (Lipinski definition) is 3. The van der Waals surface area contributed by atoms with Gasteiger partial charge >= 0.3 is 0 Å². The van der Waals surface area contributed by atoms with E-state index in [2.05, 4.69) is 5.32 Å². The Bertz CT molecular complexity index is 401. The topological polar surface area (TPSA) is 58.6 Å². The second kappa shape index (κ2) is 8.59. The number of aryl methyl sites for hydroxylation is 1. The van der Waals surface area contributed by atoms with Crippen molar-refractivity contribution >= 4 is 5.91 Å². The number of carbonyl (C=O) groups is 1. The summed E-state index contributed by atoms with van der Waals surface area (Å²) < 4.78 is 5.59. The largest absolute Gasteiger partial charge is 0.481 e. The lowest BCUT2D eigenvalue weighted by molar-refractivity contribution is -0.127. The van der Waals surface area contributed by atoms with Crippen molar-refractivity contribution in [2.75, 3.05) is 6.54 Å². The van der Waals surface area contributed by atoms with E-state index < -0.39 is 6.10 Å². The van der Waals surface area contributed by atoms with Gasteiger partial charge in [-0.15, -0.1) is 0 Å². The normalized spacial score (nSPS) is 13.6. The Balaban J connectivity index is 2.46. The lowest BCUT2D eigenvalue weighted by Crippen LogP contribution is -2.36. The van der Waals surface area contributed by atoms with Crippen LogP contribution in [0.2, 0.25) is 0 Å². The molecule has 2 atom stereocenters. The number of nitrogens with one attached hydrogen (secondary N) is 1. The molecule has 0 spiro atoms. The van der Waals surface area contributed by atoms with Gasteiger partial charge in [0.05, 0.1) is 6.10 Å². The third-order valence-electron chi connectivity index (χ3n) is 3.01. The molecule has 0 radical (unpaired) electrons. The van der Waals surface area contributed by atoms with Gasteiger partial charge in [0.25, 0.3) is 5.91 Å². The Hall–Kier alpha value is -1.55. The van der Waals surface area contributed by atoms with Crippen LogP contribution in [0.25, 0.3) is 0 Å². The molecular weight excluding hydrogens is 254 g/mol. The van der Waals surface area contributed by atoms with E-state index >= 15 is 0 Å². The van der Waals surface area contributed by atoms with Crippen molar-refractivity contribution in [1.29, 1.82) is 0 Å². The number of aliphatic hydroxyl groups is 1. The molecule has 0 aromatic heterocycles. The van der Waals surface area contributed by atoms with Crippen LogP contribution >= 0.6 is 0 Å². The summed E-state index contributed by atoms with van der Waals surface area (Å²) >= 11 is 0. The number of hydrogen-bond donors (Lipinski definition) is 2. The minimum Gasteiger partial charge on any atom is -0.481 e. The molecule has 0 aliphatic rings. The Morgan fingerprint density at radius 2 is 1.95 bits per heavy atom. The fourth-order valence-electron chi connectivity index (χ4n) is 1.76. The molecule has 1 rings (SSSR count). The van der Waals surface area contributed by atoms with E-state index in [4.69, 9.17) is 4.74 Å². The summed E-state index contributed by atoms with van der Waals surface area (Å²) in [7, 11) is 0. The van der Waals surface area contributed by atoms with E-state index in [0.29, 0.717) is 12.3 Å². The highest BCUT2D eigenvalue weighted by atomic mass is 16.5. The molecule has 4 nitrogen and oxygen atoms in total. The maximum Gasteiger partial charge on any atom is 0.260 e. The summed E-state index contributed by atoms with van der Waals surface area (Å²) in [5, 5.41) is 12.1. The molecule has 0 aliphatic heterocycles. The van der Waals surface area contributed by atoms with Gasteiger partial charge in [-0.05, 0) is 50.8 Å². The standard InChI is InChI=1S/C16H25NO3/c1-4-11-17-16(19)13(3)20-15-9-7-14(8-10-15)6-5-12(2)18/h7-10,12-13,18H,4-6,11H2,1-3H3,(H,17,19). The van der Waals surface area contributed by atoms with Crippen molar-refractivity contribution in [2.45, 2.75) is 52.2 Å². The number of aliphatic hydroxyl groups excluding tert-OH is 1. The van der Waals surface area contributed by atoms with Gasteiger partial charge in [0, 0.05) is 6.54 Å². The second-order valence-electron chi connectivity index (χ2n) is 5.08. The average molecular weight is 279 g/mol. The molecule has 112 valence electrons. The number of benzene rings is 1. The Labute approximate surface area is 121 Å². The molecular formula is C16H25NO3. The van der Waals surface area contributed by atoms with Crippen LogP contribution in [0.4, 0.5) is 0 Å². The van der Waals surface area contributed by atoms with Gasteiger partial charge in [-0.25, -0.2) is 0 Å². The molecule has 2 unspecified atom stereocenters. The third kappa shape index (κ3) is 6.06. The van der Waals surface area contributed by atoms with E-state index in [1.807, 2.05) is 31.2 Å². The van der Waals surface area contributed by atoms with Crippen LogP contribution in [0.5, 0.6) is 5.75 Å². The first-order valence-electron chi connectivity index (χ1n) is 7.24. The second-order valence-corrected chi connectivity index (χ2v) is 5.08. The van der Waals surface area contributed by atoms with Gasteiger partial charge in [0.2, 0.25) is 0 Å². The molecule has 0 bridgehead atoms. The van der Waals surface area contributed by atoms with Crippen molar-refractivity contribution in [3.8, 4) is 5.75 Å². The SMILES string of the molecule is CCCNC(=O)C(C)Oc1ccc(CCC(C)O)cc1. The van der Waals surface area contributed by atoms with Crippen LogP contribution in [0.3, 0.4) is 0 Å². The molecule has 0 aliphatic carbocycles. The molecule has 1 aromatic carbocycles. The summed E-state index contributed by atoms with van der Waals surface area (Å²) in [5.74, 6) is 0.593. The predicted molar refractivity (Wildman–Crippen MR) is 79.8 cm³/mol. The van der Waals surface area contributed by atoms with E-state index in [1.165, 1.54) is 0 Å². The molecule has 20 heavy (non-hydrogen) atoms. The van der Waals surface area contributed by atoms with E-state index in [0.717, 1.165) is 24.8 Å². The van der Waals surface area contributed by atoms with Crippen molar-refractivity contribution < 1.29 is 14.6 Å². The first kappa shape index (κ1) is 16.5. The molecule has 1 amide bonds. The van der Waals surface area contributed by atoms with Crippen LogP contribution in [0.15, 0.2) is 24.3 Å². The van der Waals surface area contributed by atoms with Crippen molar-refractivity contribution in [3.05, 3.63) is 29.8 Å². The average Bonchev–Trinajstić information content (AvgIpc) is 2.43. The first-order chi connectivity index (χ1) is 9.52. The van der Waals surface area contributed by atoms with Crippen LogP contribution in [0, 0.1) is 0 Å². The molecule has 0 saturated heterocycles. The predicted octanol–water partition coefficient (Wildman–Crippen LogP) is 2.29. The molecule has 4 heteroatoms. The zero-order chi connectivity index (χ0) is 15.0. The third-order valence-corrected chi connectivity index (χ3v) is 3.01. The number of ether oxygens (including phenoxy) is 1. The summed E-state index contributed by atoms with van der Waals surface area (Å²) in [4.78, 5) is 11.7.